The molecule has 0 saturated heterocycles. The Morgan fingerprint density at radius 1 is 0.958 bits per heavy atom. The summed E-state index contributed by atoms with van der Waals surface area (Å²) in [7, 11) is -3.97. The maximum absolute atomic E-state index is 13.2. The van der Waals surface area contributed by atoms with Crippen LogP contribution in [0.15, 0.2) is 47.4 Å². The van der Waals surface area contributed by atoms with Gasteiger partial charge in [0.25, 0.3) is 10.0 Å². The van der Waals surface area contributed by atoms with E-state index in [1.807, 2.05) is 26.8 Å². The molecule has 24 heavy (non-hydrogen) atoms. The minimum Gasteiger partial charge on any atom is -0.273 e. The molecule has 0 aliphatic heterocycles. The first-order chi connectivity index (χ1) is 11.2. The third-order valence-electron chi connectivity index (χ3n) is 4.05. The fourth-order valence-corrected chi connectivity index (χ4v) is 3.97. The van der Waals surface area contributed by atoms with Crippen molar-refractivity contribution in [1.29, 1.82) is 0 Å². The van der Waals surface area contributed by atoms with Crippen LogP contribution in [0.25, 0.3) is 0 Å². The number of hydrogen-bond donors (Lipinski definition) is 0. The Balaban J connectivity index is 2.69. The van der Waals surface area contributed by atoms with Crippen LogP contribution in [-0.4, -0.2) is 14.3 Å². The van der Waals surface area contributed by atoms with Crippen molar-refractivity contribution in [2.75, 3.05) is 4.31 Å². The van der Waals surface area contributed by atoms with E-state index in [9.17, 15) is 13.2 Å². The number of carbonyl (C=O) groups excluding carboxylic acids is 1. The van der Waals surface area contributed by atoms with Crippen LogP contribution in [0.1, 0.15) is 30.5 Å². The second-order valence-electron chi connectivity index (χ2n) is 6.29. The van der Waals surface area contributed by atoms with Crippen LogP contribution in [0.2, 0.25) is 0 Å². The molecule has 0 unspecified atom stereocenters. The Labute approximate surface area is 144 Å². The maximum Gasteiger partial charge on any atom is 0.270 e. The lowest BCUT2D eigenvalue weighted by molar-refractivity contribution is -0.120. The van der Waals surface area contributed by atoms with Crippen molar-refractivity contribution in [1.82, 2.24) is 0 Å². The number of nitrogens with zero attached hydrogens (tertiary/aromatic N) is 1. The highest BCUT2D eigenvalue weighted by Gasteiger charge is 2.33. The van der Waals surface area contributed by atoms with E-state index >= 15 is 0 Å². The molecule has 0 radical (unpaired) electrons. The van der Waals surface area contributed by atoms with Crippen LogP contribution in [0.4, 0.5) is 5.69 Å². The van der Waals surface area contributed by atoms with Gasteiger partial charge in [-0.2, -0.15) is 0 Å². The number of anilines is 1. The molecule has 0 aliphatic carbocycles. The van der Waals surface area contributed by atoms with Crippen LogP contribution in [0, 0.1) is 26.7 Å². The summed E-state index contributed by atoms with van der Waals surface area (Å²) < 4.78 is 27.3. The molecule has 0 aromatic heterocycles. The minimum absolute atomic E-state index is 0.114. The van der Waals surface area contributed by atoms with Crippen molar-refractivity contribution in [2.24, 2.45) is 5.92 Å². The fourth-order valence-electron chi connectivity index (χ4n) is 2.37. The van der Waals surface area contributed by atoms with Crippen molar-refractivity contribution in [3.8, 4) is 0 Å². The van der Waals surface area contributed by atoms with Crippen LogP contribution in [0.3, 0.4) is 0 Å². The molecule has 4 nitrogen and oxygen atoms in total. The summed E-state index contributed by atoms with van der Waals surface area (Å²) in [4.78, 5) is 12.9. The molecule has 0 bridgehead atoms. The average Bonchev–Trinajstić information content (AvgIpc) is 2.51. The molecule has 5 heteroatoms. The number of hydrogen-bond acceptors (Lipinski definition) is 3. The summed E-state index contributed by atoms with van der Waals surface area (Å²) in [6.45, 7) is 9.01. The number of carbonyl (C=O) groups is 1. The summed E-state index contributed by atoms with van der Waals surface area (Å²) in [5.74, 6) is -0.880. The van der Waals surface area contributed by atoms with Gasteiger partial charge in [-0.25, -0.2) is 12.7 Å². The van der Waals surface area contributed by atoms with Gasteiger partial charge in [-0.05, 0) is 50.1 Å². The monoisotopic (exact) mass is 345 g/mol. The zero-order valence-electron chi connectivity index (χ0n) is 14.7. The maximum atomic E-state index is 13.2. The molecule has 0 N–H and O–H groups in total. The van der Waals surface area contributed by atoms with Crippen molar-refractivity contribution in [2.45, 2.75) is 39.5 Å². The first-order valence-electron chi connectivity index (χ1n) is 7.88. The van der Waals surface area contributed by atoms with Crippen molar-refractivity contribution in [3.05, 3.63) is 59.2 Å². The van der Waals surface area contributed by atoms with E-state index in [0.717, 1.165) is 21.0 Å². The number of aryl methyl sites for hydroxylation is 2. The van der Waals surface area contributed by atoms with Crippen LogP contribution in [-0.2, 0) is 14.8 Å². The van der Waals surface area contributed by atoms with Gasteiger partial charge in [0, 0.05) is 5.92 Å². The van der Waals surface area contributed by atoms with E-state index in [0.29, 0.717) is 5.69 Å². The second kappa shape index (κ2) is 6.77. The lowest BCUT2D eigenvalue weighted by atomic mass is 10.1. The van der Waals surface area contributed by atoms with Crippen molar-refractivity contribution < 1.29 is 13.2 Å². The topological polar surface area (TPSA) is 54.5 Å². The summed E-state index contributed by atoms with van der Waals surface area (Å²) in [5, 5.41) is 0. The zero-order chi connectivity index (χ0) is 18.1. The molecule has 0 spiro atoms. The van der Waals surface area contributed by atoms with Crippen molar-refractivity contribution >= 4 is 21.6 Å². The molecule has 0 saturated carbocycles. The molecule has 128 valence electrons. The van der Waals surface area contributed by atoms with E-state index in [1.54, 1.807) is 38.1 Å². The van der Waals surface area contributed by atoms with E-state index in [1.165, 1.54) is 12.1 Å². The highest BCUT2D eigenvalue weighted by molar-refractivity contribution is 7.93. The quantitative estimate of drug-likeness (QED) is 0.842. The number of amides is 1. The van der Waals surface area contributed by atoms with E-state index in [-0.39, 0.29) is 4.90 Å². The van der Waals surface area contributed by atoms with Gasteiger partial charge in [0.1, 0.15) is 0 Å². The second-order valence-corrected chi connectivity index (χ2v) is 8.08. The molecule has 0 fully saturated rings. The van der Waals surface area contributed by atoms with Gasteiger partial charge in [-0.3, -0.25) is 4.79 Å². The Morgan fingerprint density at radius 3 is 2.08 bits per heavy atom. The molecule has 2 rings (SSSR count). The largest absolute Gasteiger partial charge is 0.273 e. The number of benzene rings is 2. The highest BCUT2D eigenvalue weighted by atomic mass is 32.2. The first kappa shape index (κ1) is 18.2. The molecule has 0 atom stereocenters. The molecule has 1 amide bonds. The van der Waals surface area contributed by atoms with E-state index in [4.69, 9.17) is 0 Å². The highest BCUT2D eigenvalue weighted by Crippen LogP contribution is 2.30. The molecular formula is C19H23NO3S. The summed E-state index contributed by atoms with van der Waals surface area (Å²) in [6.07, 6.45) is 0. The SMILES string of the molecule is Cc1ccc(S(=O)(=O)N(C(=O)C(C)C)c2cccc(C)c2C)cc1. The predicted molar refractivity (Wildman–Crippen MR) is 96.6 cm³/mol. The molecule has 2 aromatic rings. The van der Waals surface area contributed by atoms with Gasteiger partial charge in [-0.1, -0.05) is 43.7 Å². The van der Waals surface area contributed by atoms with Gasteiger partial charge in [-0.15, -0.1) is 0 Å². The third-order valence-corrected chi connectivity index (χ3v) is 5.77. The number of sulfonamides is 1. The van der Waals surface area contributed by atoms with Gasteiger partial charge in [0.2, 0.25) is 5.91 Å². The van der Waals surface area contributed by atoms with E-state index < -0.39 is 21.8 Å². The van der Waals surface area contributed by atoms with Crippen molar-refractivity contribution in [3.63, 3.8) is 0 Å². The minimum atomic E-state index is -3.97. The van der Waals surface area contributed by atoms with Gasteiger partial charge in [0.15, 0.2) is 0 Å². The first-order valence-corrected chi connectivity index (χ1v) is 9.32. The molecular weight excluding hydrogens is 322 g/mol. The lowest BCUT2D eigenvalue weighted by Crippen LogP contribution is -2.40. The van der Waals surface area contributed by atoms with Crippen LogP contribution < -0.4 is 4.31 Å². The Hall–Kier alpha value is -2.14. The predicted octanol–water partition coefficient (Wildman–Crippen LogP) is 3.99. The Kier molecular flexibility index (Phi) is 5.13. The third kappa shape index (κ3) is 3.36. The van der Waals surface area contributed by atoms with Crippen LogP contribution >= 0.6 is 0 Å². The van der Waals surface area contributed by atoms with E-state index in [2.05, 4.69) is 0 Å². The Morgan fingerprint density at radius 2 is 1.54 bits per heavy atom. The summed E-state index contributed by atoms with van der Waals surface area (Å²) >= 11 is 0. The van der Waals surface area contributed by atoms with Gasteiger partial charge >= 0.3 is 0 Å². The standard InChI is InChI=1S/C19H23NO3S/c1-13(2)19(21)20(18-8-6-7-15(4)16(18)5)24(22,23)17-11-9-14(3)10-12-17/h6-13H,1-5H3. The van der Waals surface area contributed by atoms with Gasteiger partial charge < -0.3 is 0 Å². The van der Waals surface area contributed by atoms with Gasteiger partial charge in [0.05, 0.1) is 10.6 Å². The molecule has 2 aromatic carbocycles. The normalized spacial score (nSPS) is 11.6. The van der Waals surface area contributed by atoms with Crippen LogP contribution in [0.5, 0.6) is 0 Å². The molecule has 0 heterocycles. The molecule has 0 aliphatic rings. The summed E-state index contributed by atoms with van der Waals surface area (Å²) in [5.41, 5.74) is 3.09. The smallest absolute Gasteiger partial charge is 0.270 e. The lowest BCUT2D eigenvalue weighted by Gasteiger charge is -2.26. The number of rotatable bonds is 4. The zero-order valence-corrected chi connectivity index (χ0v) is 15.5. The summed E-state index contributed by atoms with van der Waals surface area (Å²) in [6, 6.07) is 11.9. The Bertz CT molecular complexity index is 853. The fraction of sp³-hybridized carbons (Fsp3) is 0.316. The average molecular weight is 345 g/mol.